The van der Waals surface area contributed by atoms with Gasteiger partial charge in [-0.2, -0.15) is 0 Å². The minimum atomic E-state index is 0.309. The summed E-state index contributed by atoms with van der Waals surface area (Å²) < 4.78 is 0.905. The van der Waals surface area contributed by atoms with E-state index in [0.717, 1.165) is 4.47 Å². The van der Waals surface area contributed by atoms with E-state index in [9.17, 15) is 0 Å². The predicted octanol–water partition coefficient (Wildman–Crippen LogP) is 3.09. The zero-order chi connectivity index (χ0) is 11.3. The Balaban J connectivity index is 2.09. The third kappa shape index (κ3) is 1.65. The van der Waals surface area contributed by atoms with E-state index in [-0.39, 0.29) is 0 Å². The van der Waals surface area contributed by atoms with Crippen LogP contribution >= 0.6 is 15.9 Å². The van der Waals surface area contributed by atoms with E-state index in [1.807, 2.05) is 0 Å². The molecule has 0 amide bonds. The second-order valence-electron chi connectivity index (χ2n) is 5.25. The molecule has 0 aliphatic heterocycles. The fraction of sp³-hybridized carbons (Fsp3) is 0.636. The quantitative estimate of drug-likeness (QED) is 0.897. The molecule has 1 aromatic rings. The number of hydrogen-bond acceptors (Lipinski definition) is 3. The van der Waals surface area contributed by atoms with E-state index in [4.69, 9.17) is 0 Å². The minimum absolute atomic E-state index is 0.309. The molecule has 0 atom stereocenters. The molecule has 3 nitrogen and oxygen atoms in total. The Kier molecular flexibility index (Phi) is 2.30. The topological polar surface area (TPSA) is 37.8 Å². The number of aromatic nitrogens is 2. The molecular formula is C11H16BrN3. The van der Waals surface area contributed by atoms with Crippen LogP contribution in [0, 0.1) is 10.8 Å². The Bertz CT molecular complexity index is 356. The van der Waals surface area contributed by atoms with Gasteiger partial charge in [0.15, 0.2) is 0 Å². The van der Waals surface area contributed by atoms with Gasteiger partial charge in [0.05, 0.1) is 4.47 Å². The van der Waals surface area contributed by atoms with Crippen molar-refractivity contribution >= 4 is 21.9 Å². The Morgan fingerprint density at radius 2 is 1.60 bits per heavy atom. The SMILES string of the molecule is CC1(C)C(Nc2ncc(Br)cn2)C1(C)C. The Morgan fingerprint density at radius 3 is 2.00 bits per heavy atom. The summed E-state index contributed by atoms with van der Waals surface area (Å²) in [4.78, 5) is 8.44. The largest absolute Gasteiger partial charge is 0.350 e. The fourth-order valence-corrected chi connectivity index (χ4v) is 2.28. The van der Waals surface area contributed by atoms with Crippen molar-refractivity contribution in [3.05, 3.63) is 16.9 Å². The highest BCUT2D eigenvalue weighted by Gasteiger charge is 2.65. The van der Waals surface area contributed by atoms with Gasteiger partial charge in [0.1, 0.15) is 0 Å². The number of nitrogens with one attached hydrogen (secondary N) is 1. The molecule has 1 aliphatic rings. The monoisotopic (exact) mass is 269 g/mol. The molecule has 4 heteroatoms. The molecule has 1 saturated carbocycles. The summed E-state index contributed by atoms with van der Waals surface area (Å²) in [6.45, 7) is 9.07. The molecule has 1 aliphatic carbocycles. The molecule has 2 rings (SSSR count). The van der Waals surface area contributed by atoms with Gasteiger partial charge in [0.2, 0.25) is 5.95 Å². The van der Waals surface area contributed by atoms with Crippen LogP contribution in [-0.4, -0.2) is 16.0 Å². The molecule has 0 spiro atoms. The summed E-state index contributed by atoms with van der Waals surface area (Å²) in [6, 6.07) is 0.450. The van der Waals surface area contributed by atoms with Crippen LogP contribution < -0.4 is 5.32 Å². The van der Waals surface area contributed by atoms with Crippen molar-refractivity contribution in [1.82, 2.24) is 9.97 Å². The van der Waals surface area contributed by atoms with Gasteiger partial charge >= 0.3 is 0 Å². The molecule has 0 radical (unpaired) electrons. The highest BCUT2D eigenvalue weighted by atomic mass is 79.9. The minimum Gasteiger partial charge on any atom is -0.350 e. The van der Waals surface area contributed by atoms with Gasteiger partial charge in [-0.1, -0.05) is 27.7 Å². The molecule has 0 saturated heterocycles. The lowest BCUT2D eigenvalue weighted by Gasteiger charge is -2.05. The van der Waals surface area contributed by atoms with Crippen LogP contribution in [0.4, 0.5) is 5.95 Å². The molecule has 1 N–H and O–H groups in total. The van der Waals surface area contributed by atoms with Crippen LogP contribution in [0.5, 0.6) is 0 Å². The van der Waals surface area contributed by atoms with Crippen molar-refractivity contribution in [1.29, 1.82) is 0 Å². The van der Waals surface area contributed by atoms with Gasteiger partial charge < -0.3 is 5.32 Å². The molecule has 0 aromatic carbocycles. The second-order valence-corrected chi connectivity index (χ2v) is 6.16. The summed E-state index contributed by atoms with van der Waals surface area (Å²) in [7, 11) is 0. The summed E-state index contributed by atoms with van der Waals surface area (Å²) in [5, 5.41) is 3.38. The molecule has 1 aromatic heterocycles. The third-order valence-corrected chi connectivity index (χ3v) is 4.32. The average molecular weight is 270 g/mol. The van der Waals surface area contributed by atoms with Crippen LogP contribution in [0.15, 0.2) is 16.9 Å². The zero-order valence-corrected chi connectivity index (χ0v) is 11.1. The highest BCUT2D eigenvalue weighted by Crippen LogP contribution is 2.63. The number of rotatable bonds is 2. The van der Waals surface area contributed by atoms with Crippen molar-refractivity contribution in [3.8, 4) is 0 Å². The lowest BCUT2D eigenvalue weighted by molar-refractivity contribution is 0.457. The standard InChI is InChI=1S/C11H16BrN3/c1-10(2)8(11(10,3)4)15-9-13-5-7(12)6-14-9/h5-6,8H,1-4H3,(H,13,14,15). The Labute approximate surface area is 98.8 Å². The van der Waals surface area contributed by atoms with Gasteiger partial charge in [-0.05, 0) is 26.8 Å². The Hall–Kier alpha value is -0.640. The lowest BCUT2D eigenvalue weighted by Crippen LogP contribution is -2.12. The van der Waals surface area contributed by atoms with E-state index in [2.05, 4.69) is 58.9 Å². The van der Waals surface area contributed by atoms with Crippen LogP contribution in [-0.2, 0) is 0 Å². The fourth-order valence-electron chi connectivity index (χ4n) is 2.07. The van der Waals surface area contributed by atoms with E-state index in [1.165, 1.54) is 0 Å². The smallest absolute Gasteiger partial charge is 0.222 e. The highest BCUT2D eigenvalue weighted by molar-refractivity contribution is 9.10. The Morgan fingerprint density at radius 1 is 1.13 bits per heavy atom. The van der Waals surface area contributed by atoms with Gasteiger partial charge in [-0.25, -0.2) is 9.97 Å². The van der Waals surface area contributed by atoms with Crippen LogP contribution in [0.3, 0.4) is 0 Å². The number of halogens is 1. The third-order valence-electron chi connectivity index (χ3n) is 3.91. The van der Waals surface area contributed by atoms with Crippen molar-refractivity contribution in [2.75, 3.05) is 5.32 Å². The zero-order valence-electron chi connectivity index (χ0n) is 9.50. The molecule has 15 heavy (non-hydrogen) atoms. The van der Waals surface area contributed by atoms with Crippen molar-refractivity contribution < 1.29 is 0 Å². The lowest BCUT2D eigenvalue weighted by atomic mass is 10.0. The number of nitrogens with zero attached hydrogens (tertiary/aromatic N) is 2. The summed E-state index contributed by atoms with van der Waals surface area (Å²) in [5.41, 5.74) is 0.618. The van der Waals surface area contributed by atoms with E-state index in [1.54, 1.807) is 12.4 Å². The van der Waals surface area contributed by atoms with Crippen LogP contribution in [0.25, 0.3) is 0 Å². The molecule has 1 heterocycles. The van der Waals surface area contributed by atoms with Gasteiger partial charge in [0.25, 0.3) is 0 Å². The first-order chi connectivity index (χ1) is 6.85. The van der Waals surface area contributed by atoms with Crippen molar-refractivity contribution in [2.24, 2.45) is 10.8 Å². The van der Waals surface area contributed by atoms with Crippen LogP contribution in [0.2, 0.25) is 0 Å². The number of hydrogen-bond donors (Lipinski definition) is 1. The van der Waals surface area contributed by atoms with Gasteiger partial charge in [-0.15, -0.1) is 0 Å². The summed E-state index contributed by atoms with van der Waals surface area (Å²) in [5.74, 6) is 0.710. The predicted molar refractivity (Wildman–Crippen MR) is 64.7 cm³/mol. The number of anilines is 1. The first-order valence-corrected chi connectivity index (χ1v) is 5.89. The van der Waals surface area contributed by atoms with E-state index in [0.29, 0.717) is 22.8 Å². The molecular weight excluding hydrogens is 254 g/mol. The summed E-state index contributed by atoms with van der Waals surface area (Å²) >= 11 is 3.32. The van der Waals surface area contributed by atoms with Crippen molar-refractivity contribution in [3.63, 3.8) is 0 Å². The molecule has 0 unspecified atom stereocenters. The maximum atomic E-state index is 4.22. The van der Waals surface area contributed by atoms with E-state index >= 15 is 0 Å². The van der Waals surface area contributed by atoms with Gasteiger partial charge in [0, 0.05) is 18.4 Å². The van der Waals surface area contributed by atoms with E-state index < -0.39 is 0 Å². The maximum Gasteiger partial charge on any atom is 0.222 e. The van der Waals surface area contributed by atoms with Crippen LogP contribution in [0.1, 0.15) is 27.7 Å². The van der Waals surface area contributed by atoms with Crippen molar-refractivity contribution in [2.45, 2.75) is 33.7 Å². The van der Waals surface area contributed by atoms with Gasteiger partial charge in [-0.3, -0.25) is 0 Å². The average Bonchev–Trinajstić information content (AvgIpc) is 2.52. The first kappa shape index (κ1) is 10.9. The molecule has 0 bridgehead atoms. The summed E-state index contributed by atoms with van der Waals surface area (Å²) in [6.07, 6.45) is 3.52. The normalized spacial score (nSPS) is 22.5. The maximum absolute atomic E-state index is 4.22. The molecule has 82 valence electrons. The first-order valence-electron chi connectivity index (χ1n) is 5.10. The molecule has 1 fully saturated rings. The second kappa shape index (κ2) is 3.17.